The average molecular weight is 534 g/mol. The lowest BCUT2D eigenvalue weighted by Crippen LogP contribution is -2.24. The molecule has 9 heteroatoms. The summed E-state index contributed by atoms with van der Waals surface area (Å²) in [6.45, 7) is 3.79. The molecule has 0 atom stereocenters. The highest BCUT2D eigenvalue weighted by atomic mass is 79.9. The summed E-state index contributed by atoms with van der Waals surface area (Å²) < 4.78 is 8.56. The number of hydrazone groups is 1. The van der Waals surface area contributed by atoms with E-state index in [1.165, 1.54) is 6.21 Å². The molecule has 0 saturated carbocycles. The Labute approximate surface area is 190 Å². The number of nitrogens with one attached hydrogen (secondary N) is 1. The van der Waals surface area contributed by atoms with Crippen molar-refractivity contribution in [3.8, 4) is 5.75 Å². The number of nitrogens with zero attached hydrogens (tertiary/aromatic N) is 3. The number of aromatic nitrogens is 2. The van der Waals surface area contributed by atoms with Crippen molar-refractivity contribution in [3.63, 3.8) is 0 Å². The lowest BCUT2D eigenvalue weighted by Gasteiger charge is -2.06. The van der Waals surface area contributed by atoms with Crippen LogP contribution >= 0.6 is 31.9 Å². The molecule has 0 aliphatic heterocycles. The first-order chi connectivity index (χ1) is 14.3. The number of amides is 1. The van der Waals surface area contributed by atoms with E-state index >= 15 is 0 Å². The second-order valence-electron chi connectivity index (χ2n) is 6.38. The van der Waals surface area contributed by atoms with Crippen molar-refractivity contribution in [1.29, 1.82) is 0 Å². The van der Waals surface area contributed by atoms with Gasteiger partial charge in [0.2, 0.25) is 0 Å². The van der Waals surface area contributed by atoms with Crippen molar-refractivity contribution in [2.75, 3.05) is 0 Å². The Morgan fingerprint density at radius 3 is 2.63 bits per heavy atom. The molecule has 3 rings (SSSR count). The van der Waals surface area contributed by atoms with E-state index in [1.54, 1.807) is 47.1 Å². The standard InChI is InChI=1S/C21H18Br2N4O3/c1-13-20(23)14(2)27(26-13)12-19(28)25-24-11-15-6-5-7-16(10-15)30-21(29)17-8-3-4-9-18(17)22/h3-11H,12H2,1-2H3,(H,25,28)/b24-11+. The molecule has 0 unspecified atom stereocenters. The normalized spacial score (nSPS) is 10.9. The molecular formula is C21H18Br2N4O3. The number of carbonyl (C=O) groups excluding carboxylic acids is 2. The second-order valence-corrected chi connectivity index (χ2v) is 8.02. The van der Waals surface area contributed by atoms with Crippen LogP contribution in [0.5, 0.6) is 5.75 Å². The van der Waals surface area contributed by atoms with Gasteiger partial charge in [-0.05, 0) is 75.5 Å². The number of esters is 1. The molecule has 0 spiro atoms. The minimum Gasteiger partial charge on any atom is -0.423 e. The molecule has 1 amide bonds. The van der Waals surface area contributed by atoms with Gasteiger partial charge in [-0.2, -0.15) is 10.2 Å². The Morgan fingerprint density at radius 2 is 1.93 bits per heavy atom. The number of aryl methyl sites for hydroxylation is 1. The molecule has 0 aliphatic carbocycles. The van der Waals surface area contributed by atoms with E-state index in [0.29, 0.717) is 21.3 Å². The lowest BCUT2D eigenvalue weighted by atomic mass is 10.2. The van der Waals surface area contributed by atoms with Gasteiger partial charge in [0.1, 0.15) is 12.3 Å². The third-order valence-corrected chi connectivity index (χ3v) is 5.99. The zero-order chi connectivity index (χ0) is 21.7. The molecule has 1 N–H and O–H groups in total. The summed E-state index contributed by atoms with van der Waals surface area (Å²) in [7, 11) is 0. The quantitative estimate of drug-likeness (QED) is 0.220. The third kappa shape index (κ3) is 5.43. The first-order valence-corrected chi connectivity index (χ1v) is 10.5. The molecular weight excluding hydrogens is 516 g/mol. The van der Waals surface area contributed by atoms with Gasteiger partial charge in [0.25, 0.3) is 5.91 Å². The predicted octanol–water partition coefficient (Wildman–Crippen LogP) is 4.39. The molecule has 0 radical (unpaired) electrons. The van der Waals surface area contributed by atoms with E-state index in [4.69, 9.17) is 4.74 Å². The van der Waals surface area contributed by atoms with Crippen LogP contribution in [0.4, 0.5) is 0 Å². The highest BCUT2D eigenvalue weighted by Crippen LogP contribution is 2.20. The van der Waals surface area contributed by atoms with Crippen LogP contribution in [0.1, 0.15) is 27.3 Å². The highest BCUT2D eigenvalue weighted by Gasteiger charge is 2.13. The summed E-state index contributed by atoms with van der Waals surface area (Å²) >= 11 is 6.77. The van der Waals surface area contributed by atoms with Crippen molar-refractivity contribution in [2.45, 2.75) is 20.4 Å². The minimum atomic E-state index is -0.471. The summed E-state index contributed by atoms with van der Waals surface area (Å²) in [4.78, 5) is 24.4. The van der Waals surface area contributed by atoms with Crippen molar-refractivity contribution in [3.05, 3.63) is 80.0 Å². The van der Waals surface area contributed by atoms with Crippen LogP contribution in [0.25, 0.3) is 0 Å². The molecule has 0 bridgehead atoms. The summed E-state index contributed by atoms with van der Waals surface area (Å²) in [5, 5.41) is 8.26. The van der Waals surface area contributed by atoms with Crippen LogP contribution in [-0.2, 0) is 11.3 Å². The number of rotatable bonds is 6. The van der Waals surface area contributed by atoms with Crippen LogP contribution in [-0.4, -0.2) is 27.9 Å². The fourth-order valence-corrected chi connectivity index (χ4v) is 3.36. The summed E-state index contributed by atoms with van der Waals surface area (Å²) in [6, 6.07) is 13.9. The molecule has 3 aromatic rings. The monoisotopic (exact) mass is 532 g/mol. The van der Waals surface area contributed by atoms with Gasteiger partial charge in [0.05, 0.1) is 27.6 Å². The molecule has 2 aromatic carbocycles. The lowest BCUT2D eigenvalue weighted by molar-refractivity contribution is -0.121. The molecule has 7 nitrogen and oxygen atoms in total. The SMILES string of the molecule is Cc1nn(CC(=O)N/N=C/c2cccc(OC(=O)c3ccccc3Br)c2)c(C)c1Br. The maximum atomic E-state index is 12.3. The van der Waals surface area contributed by atoms with E-state index in [1.807, 2.05) is 19.9 Å². The molecule has 30 heavy (non-hydrogen) atoms. The van der Waals surface area contributed by atoms with Gasteiger partial charge in [-0.3, -0.25) is 9.48 Å². The van der Waals surface area contributed by atoms with Crippen LogP contribution in [0.15, 0.2) is 62.6 Å². The smallest absolute Gasteiger partial charge is 0.344 e. The Kier molecular flexibility index (Phi) is 7.17. The molecule has 0 fully saturated rings. The zero-order valence-electron chi connectivity index (χ0n) is 16.2. The number of hydrogen-bond acceptors (Lipinski definition) is 5. The van der Waals surface area contributed by atoms with Crippen LogP contribution < -0.4 is 10.2 Å². The molecule has 1 heterocycles. The Morgan fingerprint density at radius 1 is 1.17 bits per heavy atom. The number of hydrogen-bond donors (Lipinski definition) is 1. The Hall–Kier alpha value is -2.78. The van der Waals surface area contributed by atoms with E-state index < -0.39 is 5.97 Å². The molecule has 0 aliphatic rings. The Balaban J connectivity index is 1.60. The summed E-state index contributed by atoms with van der Waals surface area (Å²) in [5.41, 5.74) is 5.25. The van der Waals surface area contributed by atoms with Crippen LogP contribution in [0, 0.1) is 13.8 Å². The van der Waals surface area contributed by atoms with Gasteiger partial charge in [0, 0.05) is 4.47 Å². The van der Waals surface area contributed by atoms with E-state index in [-0.39, 0.29) is 12.5 Å². The molecule has 1 aromatic heterocycles. The first-order valence-electron chi connectivity index (χ1n) is 8.93. The number of carbonyl (C=O) groups is 2. The van der Waals surface area contributed by atoms with E-state index in [0.717, 1.165) is 15.9 Å². The third-order valence-electron chi connectivity index (χ3n) is 4.15. The zero-order valence-corrected chi connectivity index (χ0v) is 19.4. The molecule has 154 valence electrons. The number of halogens is 2. The van der Waals surface area contributed by atoms with Gasteiger partial charge >= 0.3 is 5.97 Å². The topological polar surface area (TPSA) is 85.6 Å². The van der Waals surface area contributed by atoms with Gasteiger partial charge in [0.15, 0.2) is 0 Å². The summed E-state index contributed by atoms with van der Waals surface area (Å²) in [5.74, 6) is -0.403. The van der Waals surface area contributed by atoms with Gasteiger partial charge < -0.3 is 4.74 Å². The Bertz CT molecular complexity index is 1130. The first kappa shape index (κ1) is 21.9. The fourth-order valence-electron chi connectivity index (χ4n) is 2.63. The van der Waals surface area contributed by atoms with E-state index in [2.05, 4.69) is 47.5 Å². The predicted molar refractivity (Wildman–Crippen MR) is 121 cm³/mol. The van der Waals surface area contributed by atoms with Crippen molar-refractivity contribution in [1.82, 2.24) is 15.2 Å². The van der Waals surface area contributed by atoms with Crippen molar-refractivity contribution in [2.24, 2.45) is 5.10 Å². The van der Waals surface area contributed by atoms with Crippen LogP contribution in [0.2, 0.25) is 0 Å². The van der Waals surface area contributed by atoms with Gasteiger partial charge in [-0.15, -0.1) is 0 Å². The van der Waals surface area contributed by atoms with E-state index in [9.17, 15) is 9.59 Å². The summed E-state index contributed by atoms with van der Waals surface area (Å²) in [6.07, 6.45) is 1.48. The highest BCUT2D eigenvalue weighted by molar-refractivity contribution is 9.10. The van der Waals surface area contributed by atoms with Crippen LogP contribution in [0.3, 0.4) is 0 Å². The van der Waals surface area contributed by atoms with Gasteiger partial charge in [-0.25, -0.2) is 10.2 Å². The largest absolute Gasteiger partial charge is 0.423 e. The number of benzene rings is 2. The van der Waals surface area contributed by atoms with Crippen molar-refractivity contribution < 1.29 is 14.3 Å². The number of ether oxygens (including phenoxy) is 1. The maximum absolute atomic E-state index is 12.3. The molecule has 0 saturated heterocycles. The van der Waals surface area contributed by atoms with Crippen molar-refractivity contribution >= 4 is 50.0 Å². The second kappa shape index (κ2) is 9.82. The average Bonchev–Trinajstić information content (AvgIpc) is 2.95. The van der Waals surface area contributed by atoms with Gasteiger partial charge in [-0.1, -0.05) is 24.3 Å². The fraction of sp³-hybridized carbons (Fsp3) is 0.143. The maximum Gasteiger partial charge on any atom is 0.344 e. The minimum absolute atomic E-state index is 0.0548.